The van der Waals surface area contributed by atoms with E-state index in [1.54, 1.807) is 7.11 Å². The zero-order chi connectivity index (χ0) is 24.3. The molecule has 34 heavy (non-hydrogen) atoms. The second-order valence-corrected chi connectivity index (χ2v) is 9.63. The number of nitrogens with zero attached hydrogens (tertiary/aromatic N) is 2. The Balaban J connectivity index is 1.44. The molecule has 2 heterocycles. The third kappa shape index (κ3) is 4.74. The van der Waals surface area contributed by atoms with Gasteiger partial charge in [-0.1, -0.05) is 44.2 Å². The topological polar surface area (TPSA) is 80.6 Å². The number of aryl methyl sites for hydroxylation is 2. The second-order valence-electron chi connectivity index (χ2n) is 9.63. The smallest absolute Gasteiger partial charge is 0.325 e. The summed E-state index contributed by atoms with van der Waals surface area (Å²) < 4.78 is 7.34. The van der Waals surface area contributed by atoms with E-state index < -0.39 is 11.6 Å². The maximum atomic E-state index is 13.3. The summed E-state index contributed by atoms with van der Waals surface area (Å²) in [7, 11) is 1.65. The summed E-state index contributed by atoms with van der Waals surface area (Å²) in [6, 6.07) is 9.41. The van der Waals surface area contributed by atoms with Crippen LogP contribution >= 0.6 is 0 Å². The number of Topliss-reactive ketones (excluding diaryl/α,β-unsaturated/α-hetero) is 1. The molecule has 0 bridgehead atoms. The first-order valence-corrected chi connectivity index (χ1v) is 12.3. The van der Waals surface area contributed by atoms with Gasteiger partial charge in [-0.3, -0.25) is 14.5 Å². The van der Waals surface area contributed by atoms with Gasteiger partial charge in [0.05, 0.1) is 13.7 Å². The molecule has 2 fully saturated rings. The number of methoxy groups -OCH3 is 1. The number of urea groups is 1. The van der Waals surface area contributed by atoms with Crippen LogP contribution in [0.5, 0.6) is 5.75 Å². The number of hydrogen-bond acceptors (Lipinski definition) is 4. The number of aromatic nitrogens is 1. The maximum absolute atomic E-state index is 13.3. The van der Waals surface area contributed by atoms with Crippen molar-refractivity contribution in [1.29, 1.82) is 0 Å². The van der Waals surface area contributed by atoms with Crippen molar-refractivity contribution in [2.24, 2.45) is 0 Å². The number of carbonyl (C=O) groups excluding carboxylic acids is 3. The van der Waals surface area contributed by atoms with E-state index in [4.69, 9.17) is 4.74 Å². The van der Waals surface area contributed by atoms with Gasteiger partial charge in [0.1, 0.15) is 11.3 Å². The molecule has 7 nitrogen and oxygen atoms in total. The minimum absolute atomic E-state index is 0.199. The fourth-order valence-electron chi connectivity index (χ4n) is 5.36. The summed E-state index contributed by atoms with van der Waals surface area (Å²) in [6.45, 7) is 4.43. The van der Waals surface area contributed by atoms with Gasteiger partial charge in [-0.2, -0.15) is 0 Å². The zero-order valence-corrected chi connectivity index (χ0v) is 20.5. The van der Waals surface area contributed by atoms with Crippen molar-refractivity contribution >= 4 is 17.7 Å². The molecular weight excluding hydrogens is 430 g/mol. The molecule has 2 aliphatic rings. The third-order valence-electron chi connectivity index (χ3n) is 7.41. The van der Waals surface area contributed by atoms with Crippen LogP contribution in [0.2, 0.25) is 0 Å². The van der Waals surface area contributed by atoms with Crippen LogP contribution in [0.3, 0.4) is 0 Å². The minimum atomic E-state index is -0.826. The summed E-state index contributed by atoms with van der Waals surface area (Å²) in [4.78, 5) is 40.3. The predicted octanol–water partition coefficient (Wildman–Crippen LogP) is 4.57. The molecule has 1 N–H and O–H groups in total. The molecule has 4 rings (SSSR count). The molecule has 1 saturated carbocycles. The van der Waals surface area contributed by atoms with Crippen molar-refractivity contribution in [3.05, 3.63) is 52.8 Å². The van der Waals surface area contributed by atoms with Crippen LogP contribution in [0.25, 0.3) is 0 Å². The van der Waals surface area contributed by atoms with E-state index in [2.05, 4.69) is 9.88 Å². The third-order valence-corrected chi connectivity index (χ3v) is 7.41. The van der Waals surface area contributed by atoms with Crippen molar-refractivity contribution in [1.82, 2.24) is 14.8 Å². The Morgan fingerprint density at radius 3 is 2.32 bits per heavy atom. The minimum Gasteiger partial charge on any atom is -0.497 e. The van der Waals surface area contributed by atoms with E-state index in [0.717, 1.165) is 60.7 Å². The largest absolute Gasteiger partial charge is 0.497 e. The highest BCUT2D eigenvalue weighted by Gasteiger charge is 2.50. The number of amides is 3. The molecule has 1 aromatic carbocycles. The number of rotatable bonds is 7. The summed E-state index contributed by atoms with van der Waals surface area (Å²) in [5.41, 5.74) is 2.79. The first kappa shape index (κ1) is 24.0. The number of ether oxygens (including phenoxy) is 1. The van der Waals surface area contributed by atoms with Gasteiger partial charge in [-0.05, 0) is 56.9 Å². The van der Waals surface area contributed by atoms with Gasteiger partial charge in [-0.25, -0.2) is 4.79 Å². The number of hydrogen-bond donors (Lipinski definition) is 1. The average molecular weight is 466 g/mol. The highest BCUT2D eigenvalue weighted by molar-refractivity contribution is 6.11. The van der Waals surface area contributed by atoms with Gasteiger partial charge < -0.3 is 14.6 Å². The first-order chi connectivity index (χ1) is 16.3. The highest BCUT2D eigenvalue weighted by Crippen LogP contribution is 2.32. The molecule has 3 amide bonds. The second kappa shape index (κ2) is 10.0. The molecule has 1 aliphatic carbocycles. The Hall–Kier alpha value is -3.09. The lowest BCUT2D eigenvalue weighted by Crippen LogP contribution is -2.47. The fraction of sp³-hybridized carbons (Fsp3) is 0.519. The van der Waals surface area contributed by atoms with E-state index in [1.165, 1.54) is 12.0 Å². The van der Waals surface area contributed by atoms with Crippen LogP contribution in [0.1, 0.15) is 72.3 Å². The Labute approximate surface area is 201 Å². The first-order valence-electron chi connectivity index (χ1n) is 12.3. The molecule has 1 aromatic heterocycles. The SMILES string of the molecule is COc1ccc(CCn2c(C)cc(C(=O)CN3C(=O)NC4(CCCCCCC4)C3=O)c2C)cc1. The Bertz CT molecular complexity index is 1060. The summed E-state index contributed by atoms with van der Waals surface area (Å²) in [5.74, 6) is 0.392. The number of nitrogens with one attached hydrogen (secondary N) is 1. The molecule has 1 aliphatic heterocycles. The highest BCUT2D eigenvalue weighted by atomic mass is 16.5. The van der Waals surface area contributed by atoms with Gasteiger partial charge in [-0.15, -0.1) is 0 Å². The number of carbonyl (C=O) groups is 3. The molecule has 7 heteroatoms. The van der Waals surface area contributed by atoms with Gasteiger partial charge >= 0.3 is 6.03 Å². The van der Waals surface area contributed by atoms with Crippen molar-refractivity contribution < 1.29 is 19.1 Å². The lowest BCUT2D eigenvalue weighted by molar-refractivity contribution is -0.131. The summed E-state index contributed by atoms with van der Waals surface area (Å²) >= 11 is 0. The number of ketones is 1. The van der Waals surface area contributed by atoms with Crippen LogP contribution in [0.15, 0.2) is 30.3 Å². The molecule has 2 aromatic rings. The normalized spacial score (nSPS) is 18.0. The standard InChI is InChI=1S/C27H35N3O4/c1-19-17-23(20(2)29(19)16-13-21-9-11-22(34-3)12-10-21)24(31)18-30-25(32)27(28-26(30)33)14-7-5-4-6-8-15-27/h9-12,17H,4-8,13-16,18H2,1-3H3,(H,28,33). The van der Waals surface area contributed by atoms with Crippen LogP contribution < -0.4 is 10.1 Å². The van der Waals surface area contributed by atoms with Gasteiger partial charge in [0.2, 0.25) is 0 Å². The molecule has 1 saturated heterocycles. The molecule has 0 unspecified atom stereocenters. The average Bonchev–Trinajstić information content (AvgIpc) is 3.23. The molecule has 182 valence electrons. The number of benzene rings is 1. The molecule has 1 spiro atoms. The lowest BCUT2D eigenvalue weighted by Gasteiger charge is -2.28. The molecule has 0 atom stereocenters. The number of imide groups is 1. The van der Waals surface area contributed by atoms with Gasteiger partial charge in [0.25, 0.3) is 5.91 Å². The molecular formula is C27H35N3O4. The van der Waals surface area contributed by atoms with Crippen molar-refractivity contribution in [3.8, 4) is 5.75 Å². The zero-order valence-electron chi connectivity index (χ0n) is 20.5. The van der Waals surface area contributed by atoms with Crippen LogP contribution in [0, 0.1) is 13.8 Å². The van der Waals surface area contributed by atoms with Crippen molar-refractivity contribution in [2.45, 2.75) is 77.3 Å². The van der Waals surface area contributed by atoms with Gasteiger partial charge in [0.15, 0.2) is 5.78 Å². The van der Waals surface area contributed by atoms with E-state index in [-0.39, 0.29) is 18.2 Å². The maximum Gasteiger partial charge on any atom is 0.325 e. The fourth-order valence-corrected chi connectivity index (χ4v) is 5.36. The molecule has 0 radical (unpaired) electrons. The quantitative estimate of drug-likeness (QED) is 0.480. The van der Waals surface area contributed by atoms with Crippen LogP contribution in [-0.2, 0) is 17.8 Å². The Kier molecular flexibility index (Phi) is 7.10. The van der Waals surface area contributed by atoms with Crippen molar-refractivity contribution in [3.63, 3.8) is 0 Å². The van der Waals surface area contributed by atoms with E-state index in [0.29, 0.717) is 18.4 Å². The summed E-state index contributed by atoms with van der Waals surface area (Å²) in [6.07, 6.45) is 7.30. The van der Waals surface area contributed by atoms with Crippen LogP contribution in [-0.4, -0.2) is 46.4 Å². The van der Waals surface area contributed by atoms with Crippen molar-refractivity contribution in [2.75, 3.05) is 13.7 Å². The van der Waals surface area contributed by atoms with E-state index in [9.17, 15) is 14.4 Å². The van der Waals surface area contributed by atoms with E-state index >= 15 is 0 Å². The monoisotopic (exact) mass is 465 g/mol. The lowest BCUT2D eigenvalue weighted by atomic mass is 9.84. The van der Waals surface area contributed by atoms with E-state index in [1.807, 2.05) is 44.2 Å². The predicted molar refractivity (Wildman–Crippen MR) is 130 cm³/mol. The Morgan fingerprint density at radius 1 is 1.03 bits per heavy atom. The van der Waals surface area contributed by atoms with Gasteiger partial charge in [0, 0.05) is 23.5 Å². The van der Waals surface area contributed by atoms with Crippen LogP contribution in [0.4, 0.5) is 4.79 Å². The summed E-state index contributed by atoms with van der Waals surface area (Å²) in [5, 5.41) is 2.94. The Morgan fingerprint density at radius 2 is 1.68 bits per heavy atom.